The van der Waals surface area contributed by atoms with Crippen LogP contribution in [0.2, 0.25) is 0 Å². The van der Waals surface area contributed by atoms with Crippen molar-refractivity contribution in [1.82, 2.24) is 0 Å². The van der Waals surface area contributed by atoms with E-state index >= 15 is 0 Å². The molecule has 0 aliphatic rings. The van der Waals surface area contributed by atoms with Gasteiger partial charge in [0.15, 0.2) is 0 Å². The second-order valence-electron chi connectivity index (χ2n) is 11.9. The number of hydrogen-bond donors (Lipinski definition) is 2. The Morgan fingerprint density at radius 1 is 0.643 bits per heavy atom. The van der Waals surface area contributed by atoms with Crippen LogP contribution in [0.1, 0.15) is 149 Å². The van der Waals surface area contributed by atoms with Gasteiger partial charge in [-0.25, -0.2) is 0 Å². The number of carbonyl (C=O) groups excluding carboxylic acids is 2. The van der Waals surface area contributed by atoms with Gasteiger partial charge in [0, 0.05) is 12.8 Å². The molecule has 0 aliphatic carbocycles. The molecule has 0 heterocycles. The number of carbonyl (C=O) groups is 2. The first kappa shape index (κ1) is 40.1. The molecule has 6 nitrogen and oxygen atoms in total. The maximum Gasteiger partial charge on any atom is 0.305 e. The predicted molar refractivity (Wildman–Crippen MR) is 174 cm³/mol. The molecule has 2 N–H and O–H groups in total. The van der Waals surface area contributed by atoms with E-state index in [2.05, 4.69) is 32.9 Å². The predicted octanol–water partition coefficient (Wildman–Crippen LogP) is 8.94. The molecule has 0 aromatic carbocycles. The average Bonchev–Trinajstić information content (AvgIpc) is 2.96. The Morgan fingerprint density at radius 3 is 1.67 bits per heavy atom. The van der Waals surface area contributed by atoms with Crippen molar-refractivity contribution in [2.45, 2.75) is 161 Å². The number of esters is 2. The van der Waals surface area contributed by atoms with Crippen molar-refractivity contribution in [3.63, 3.8) is 0 Å². The number of rotatable bonds is 29. The molecule has 244 valence electrons. The molecule has 0 spiro atoms. The minimum atomic E-state index is -0.984. The number of allylic oxidation sites excluding steroid dienone is 4. The Balaban J connectivity index is 3.54. The number of hydrogen-bond acceptors (Lipinski definition) is 6. The van der Waals surface area contributed by atoms with Crippen LogP contribution in [0.3, 0.4) is 0 Å². The van der Waals surface area contributed by atoms with Gasteiger partial charge in [-0.2, -0.15) is 0 Å². The van der Waals surface area contributed by atoms with E-state index in [-0.39, 0.29) is 25.2 Å². The van der Waals surface area contributed by atoms with Crippen LogP contribution < -0.4 is 0 Å². The highest BCUT2D eigenvalue weighted by atomic mass is 16.6. The Bertz CT molecular complexity index is 712. The van der Waals surface area contributed by atoms with Crippen LogP contribution in [-0.4, -0.2) is 47.6 Å². The number of ether oxygens (including phenoxy) is 2. The second kappa shape index (κ2) is 30.5. The first-order valence-corrected chi connectivity index (χ1v) is 17.0. The summed E-state index contributed by atoms with van der Waals surface area (Å²) in [6, 6.07) is 0. The first-order valence-electron chi connectivity index (χ1n) is 17.0. The average molecular weight is 593 g/mol. The molecular weight excluding hydrogens is 528 g/mol. The van der Waals surface area contributed by atoms with E-state index in [1.165, 1.54) is 44.9 Å². The molecule has 0 saturated heterocycles. The molecule has 6 heteroatoms. The van der Waals surface area contributed by atoms with Gasteiger partial charge in [-0.05, 0) is 44.4 Å². The van der Waals surface area contributed by atoms with Crippen LogP contribution >= 0.6 is 0 Å². The summed E-state index contributed by atoms with van der Waals surface area (Å²) in [6.45, 7) is 6.36. The van der Waals surface area contributed by atoms with E-state index in [0.29, 0.717) is 19.3 Å². The fourth-order valence-corrected chi connectivity index (χ4v) is 4.54. The molecule has 2 atom stereocenters. The SMILES string of the molecule is CC/C=C/CC(O)/C=C/C=C/CCCCCCCC(=O)OC[C@H](O)COC(=O)CCCCCCCCCCCC(C)C. The molecule has 0 amide bonds. The summed E-state index contributed by atoms with van der Waals surface area (Å²) in [5.74, 6) is 0.192. The van der Waals surface area contributed by atoms with Gasteiger partial charge in [0.2, 0.25) is 0 Å². The lowest BCUT2D eigenvalue weighted by atomic mass is 10.0. The van der Waals surface area contributed by atoms with Crippen molar-refractivity contribution < 1.29 is 29.3 Å². The van der Waals surface area contributed by atoms with Gasteiger partial charge in [-0.1, -0.05) is 134 Å². The summed E-state index contributed by atoms with van der Waals surface area (Å²) in [5, 5.41) is 19.7. The molecule has 0 rings (SSSR count). The summed E-state index contributed by atoms with van der Waals surface area (Å²) in [6.07, 6.45) is 31.0. The highest BCUT2D eigenvalue weighted by Crippen LogP contribution is 2.14. The van der Waals surface area contributed by atoms with E-state index in [9.17, 15) is 19.8 Å². The standard InChI is InChI=1S/C36H64O6/c1-4-5-20-26-33(37)27-22-17-13-9-7-11-15-19-24-29-36(40)42-31-34(38)30-41-35(39)28-23-18-14-10-6-8-12-16-21-25-32(2)3/h5,13,17,20,22,27,32-34,37-38H,4,6-12,14-16,18-19,21,23-26,28-31H2,1-3H3/b17-13+,20-5+,27-22+/t33?,34-/m1/s1. The number of aliphatic hydroxyl groups is 2. The van der Waals surface area contributed by atoms with Crippen LogP contribution in [0.4, 0.5) is 0 Å². The largest absolute Gasteiger partial charge is 0.463 e. The second-order valence-corrected chi connectivity index (χ2v) is 11.9. The van der Waals surface area contributed by atoms with Gasteiger partial charge in [-0.3, -0.25) is 9.59 Å². The quantitative estimate of drug-likeness (QED) is 0.0390. The van der Waals surface area contributed by atoms with Gasteiger partial charge >= 0.3 is 11.9 Å². The van der Waals surface area contributed by atoms with E-state index in [4.69, 9.17) is 9.47 Å². The fraction of sp³-hybridized carbons (Fsp3) is 0.778. The van der Waals surface area contributed by atoms with E-state index in [1.54, 1.807) is 0 Å². The molecular formula is C36H64O6. The van der Waals surface area contributed by atoms with Crippen LogP contribution in [0.5, 0.6) is 0 Å². The lowest BCUT2D eigenvalue weighted by Gasteiger charge is -2.12. The first-order chi connectivity index (χ1) is 20.3. The summed E-state index contributed by atoms with van der Waals surface area (Å²) >= 11 is 0. The Kier molecular flexibility index (Phi) is 29.1. The minimum Gasteiger partial charge on any atom is -0.463 e. The van der Waals surface area contributed by atoms with Gasteiger partial charge in [0.05, 0.1) is 6.10 Å². The summed E-state index contributed by atoms with van der Waals surface area (Å²) in [7, 11) is 0. The molecule has 0 aliphatic heterocycles. The molecule has 0 aromatic rings. The van der Waals surface area contributed by atoms with E-state index in [1.807, 2.05) is 24.3 Å². The summed E-state index contributed by atoms with van der Waals surface area (Å²) in [4.78, 5) is 23.8. The van der Waals surface area contributed by atoms with Gasteiger partial charge in [-0.15, -0.1) is 0 Å². The monoisotopic (exact) mass is 592 g/mol. The zero-order valence-corrected chi connectivity index (χ0v) is 27.3. The Labute approximate surface area is 258 Å². The van der Waals surface area contributed by atoms with Crippen molar-refractivity contribution in [3.8, 4) is 0 Å². The van der Waals surface area contributed by atoms with E-state index < -0.39 is 12.2 Å². The molecule has 0 radical (unpaired) electrons. The fourth-order valence-electron chi connectivity index (χ4n) is 4.54. The van der Waals surface area contributed by atoms with Gasteiger partial charge < -0.3 is 19.7 Å². The molecule has 0 aromatic heterocycles. The third-order valence-corrected chi connectivity index (χ3v) is 7.15. The van der Waals surface area contributed by atoms with Crippen LogP contribution in [0.15, 0.2) is 36.5 Å². The third kappa shape index (κ3) is 31.0. The number of unbranched alkanes of at least 4 members (excludes halogenated alkanes) is 13. The molecule has 42 heavy (non-hydrogen) atoms. The third-order valence-electron chi connectivity index (χ3n) is 7.15. The Morgan fingerprint density at radius 2 is 1.14 bits per heavy atom. The van der Waals surface area contributed by atoms with Gasteiger partial charge in [0.25, 0.3) is 0 Å². The maximum atomic E-state index is 11.9. The molecule has 0 saturated carbocycles. The van der Waals surface area contributed by atoms with Gasteiger partial charge in [0.1, 0.15) is 19.3 Å². The summed E-state index contributed by atoms with van der Waals surface area (Å²) < 4.78 is 10.3. The molecule has 0 bridgehead atoms. The van der Waals surface area contributed by atoms with Crippen molar-refractivity contribution in [1.29, 1.82) is 0 Å². The normalized spacial score (nSPS) is 13.5. The smallest absolute Gasteiger partial charge is 0.305 e. The zero-order valence-electron chi connectivity index (χ0n) is 27.3. The summed E-state index contributed by atoms with van der Waals surface area (Å²) in [5.41, 5.74) is 0. The lowest BCUT2D eigenvalue weighted by Crippen LogP contribution is -2.25. The molecule has 1 unspecified atom stereocenters. The number of aliphatic hydroxyl groups excluding tert-OH is 2. The van der Waals surface area contributed by atoms with Crippen LogP contribution in [-0.2, 0) is 19.1 Å². The maximum absolute atomic E-state index is 11.9. The van der Waals surface area contributed by atoms with E-state index in [0.717, 1.165) is 70.1 Å². The lowest BCUT2D eigenvalue weighted by molar-refractivity contribution is -0.152. The zero-order chi connectivity index (χ0) is 31.1. The highest BCUT2D eigenvalue weighted by Gasteiger charge is 2.12. The van der Waals surface area contributed by atoms with Crippen LogP contribution in [0, 0.1) is 5.92 Å². The van der Waals surface area contributed by atoms with Crippen LogP contribution in [0.25, 0.3) is 0 Å². The molecule has 0 fully saturated rings. The topological polar surface area (TPSA) is 93.1 Å². The minimum absolute atomic E-state index is 0.135. The highest BCUT2D eigenvalue weighted by molar-refractivity contribution is 5.69. The Hall–Kier alpha value is -1.92. The van der Waals surface area contributed by atoms with Crippen molar-refractivity contribution in [3.05, 3.63) is 36.5 Å². The van der Waals surface area contributed by atoms with Crippen molar-refractivity contribution >= 4 is 11.9 Å². The van der Waals surface area contributed by atoms with Crippen molar-refractivity contribution in [2.24, 2.45) is 5.92 Å². The van der Waals surface area contributed by atoms with Crippen molar-refractivity contribution in [2.75, 3.05) is 13.2 Å².